The van der Waals surface area contributed by atoms with Crippen LogP contribution in [0, 0.1) is 10.1 Å². The summed E-state index contributed by atoms with van der Waals surface area (Å²) in [6.45, 7) is 0. The van der Waals surface area contributed by atoms with Gasteiger partial charge in [0.05, 0.1) is 17.4 Å². The van der Waals surface area contributed by atoms with Gasteiger partial charge in [-0.25, -0.2) is 0 Å². The van der Waals surface area contributed by atoms with Crippen molar-refractivity contribution < 1.29 is 14.1 Å². The summed E-state index contributed by atoms with van der Waals surface area (Å²) >= 11 is 0. The first-order chi connectivity index (χ1) is 11.1. The van der Waals surface area contributed by atoms with E-state index in [4.69, 9.17) is 4.42 Å². The van der Waals surface area contributed by atoms with E-state index in [1.807, 2.05) is 36.2 Å². The highest BCUT2D eigenvalue weighted by Gasteiger charge is 2.40. The number of carbonyl (C=O) groups excluding carboxylic acids is 1. The van der Waals surface area contributed by atoms with Gasteiger partial charge in [-0.15, -0.1) is 0 Å². The molecule has 0 saturated heterocycles. The van der Waals surface area contributed by atoms with Crippen LogP contribution in [0.5, 0.6) is 0 Å². The van der Waals surface area contributed by atoms with E-state index in [0.29, 0.717) is 11.7 Å². The molecule has 1 aromatic carbocycles. The zero-order valence-corrected chi connectivity index (χ0v) is 12.0. The number of rotatable bonds is 2. The van der Waals surface area contributed by atoms with Gasteiger partial charge in [-0.3, -0.25) is 19.8 Å². The number of benzene rings is 1. The number of guanidine groups is 1. The predicted octanol–water partition coefficient (Wildman–Crippen LogP) is 2.38. The molecule has 0 fully saturated rings. The van der Waals surface area contributed by atoms with E-state index >= 15 is 0 Å². The normalized spacial score (nSPS) is 17.5. The highest BCUT2D eigenvalue weighted by molar-refractivity contribution is 6.30. The first kappa shape index (κ1) is 13.3. The molecule has 8 heteroatoms. The zero-order chi connectivity index (χ0) is 16.1. The highest BCUT2D eigenvalue weighted by Crippen LogP contribution is 2.41. The van der Waals surface area contributed by atoms with Crippen LogP contribution in [-0.4, -0.2) is 23.8 Å². The number of fused-ring (bicyclic) bond motifs is 3. The third-order valence-corrected chi connectivity index (χ3v) is 3.72. The lowest BCUT2D eigenvalue weighted by Gasteiger charge is -2.14. The van der Waals surface area contributed by atoms with E-state index in [0.717, 1.165) is 11.4 Å². The van der Waals surface area contributed by atoms with Crippen molar-refractivity contribution in [2.24, 2.45) is 4.99 Å². The second-order valence-corrected chi connectivity index (χ2v) is 5.06. The summed E-state index contributed by atoms with van der Waals surface area (Å²) in [6, 6.07) is 10.3. The molecular formula is C15H10N4O4. The fourth-order valence-electron chi connectivity index (χ4n) is 2.69. The topological polar surface area (TPSA) is 92.2 Å². The minimum atomic E-state index is -0.626. The predicted molar refractivity (Wildman–Crippen MR) is 83.1 cm³/mol. The second kappa shape index (κ2) is 4.54. The molecule has 1 amide bonds. The fourth-order valence-corrected chi connectivity index (χ4v) is 2.69. The molecule has 8 nitrogen and oxygen atoms in total. The first-order valence-electron chi connectivity index (χ1n) is 6.78. The number of nitro groups is 1. The maximum atomic E-state index is 12.2. The summed E-state index contributed by atoms with van der Waals surface area (Å²) in [5.74, 6) is -0.0603. The van der Waals surface area contributed by atoms with E-state index < -0.39 is 10.8 Å². The summed E-state index contributed by atoms with van der Waals surface area (Å²) in [5.41, 5.74) is 2.04. The van der Waals surface area contributed by atoms with Crippen molar-refractivity contribution in [3.8, 4) is 0 Å². The van der Waals surface area contributed by atoms with Gasteiger partial charge in [0.1, 0.15) is 16.4 Å². The summed E-state index contributed by atoms with van der Waals surface area (Å²) < 4.78 is 5.10. The smallest absolute Gasteiger partial charge is 0.401 e. The standard InChI is InChI=1S/C15H10N4O4/c1-17-10-4-2-3-5-11(10)18-12(14(20)16-15(17)18)8-9-6-7-13(23-9)19(21)22/h2-8H,1H3/b12-8-. The number of carbonyl (C=O) groups is 1. The summed E-state index contributed by atoms with van der Waals surface area (Å²) in [7, 11) is 1.83. The van der Waals surface area contributed by atoms with Crippen molar-refractivity contribution in [3.05, 3.63) is 58.0 Å². The SMILES string of the molecule is CN1C2=NC(=O)/C(=C/c3ccc([N+](=O)[O-])o3)N2c2ccccc21. The molecule has 0 saturated carbocycles. The number of aliphatic imine (C=N–C) groups is 1. The van der Waals surface area contributed by atoms with Crippen LogP contribution in [0.3, 0.4) is 0 Å². The van der Waals surface area contributed by atoms with Crippen molar-refractivity contribution in [2.45, 2.75) is 0 Å². The Balaban J connectivity index is 1.80. The number of nitrogens with zero attached hydrogens (tertiary/aromatic N) is 4. The number of hydrogen-bond acceptors (Lipinski definition) is 6. The van der Waals surface area contributed by atoms with Crippen molar-refractivity contribution in [2.75, 3.05) is 16.8 Å². The Morgan fingerprint density at radius 3 is 2.65 bits per heavy atom. The molecule has 0 N–H and O–H groups in total. The Hall–Kier alpha value is -3.42. The molecule has 0 radical (unpaired) electrons. The van der Waals surface area contributed by atoms with Gasteiger partial charge < -0.3 is 9.32 Å². The molecule has 2 aromatic rings. The molecule has 114 valence electrons. The number of hydrogen-bond donors (Lipinski definition) is 0. The van der Waals surface area contributed by atoms with Crippen molar-refractivity contribution in [1.82, 2.24) is 0 Å². The largest absolute Gasteiger partial charge is 0.433 e. The number of para-hydroxylation sites is 2. The lowest BCUT2D eigenvalue weighted by atomic mass is 10.2. The molecule has 0 unspecified atom stereocenters. The minimum absolute atomic E-state index is 0.225. The van der Waals surface area contributed by atoms with Gasteiger partial charge in [0, 0.05) is 13.1 Å². The lowest BCUT2D eigenvalue weighted by Crippen LogP contribution is -2.31. The average molecular weight is 310 g/mol. The minimum Gasteiger partial charge on any atom is -0.401 e. The average Bonchev–Trinajstić information content (AvgIpc) is 3.19. The Kier molecular flexibility index (Phi) is 2.61. The Bertz CT molecular complexity index is 912. The van der Waals surface area contributed by atoms with Crippen LogP contribution < -0.4 is 9.80 Å². The van der Waals surface area contributed by atoms with Gasteiger partial charge >= 0.3 is 5.88 Å². The molecule has 23 heavy (non-hydrogen) atoms. The van der Waals surface area contributed by atoms with Crippen LogP contribution in [-0.2, 0) is 4.79 Å². The summed E-state index contributed by atoms with van der Waals surface area (Å²) in [6.07, 6.45) is 1.46. The quantitative estimate of drug-likeness (QED) is 0.480. The van der Waals surface area contributed by atoms with Crippen LogP contribution in [0.15, 0.2) is 51.5 Å². The summed E-state index contributed by atoms with van der Waals surface area (Å²) in [4.78, 5) is 29.8. The van der Waals surface area contributed by atoms with E-state index in [1.54, 1.807) is 4.90 Å². The molecule has 0 atom stereocenters. The Morgan fingerprint density at radius 2 is 1.96 bits per heavy atom. The molecule has 0 aliphatic carbocycles. The maximum Gasteiger partial charge on any atom is 0.433 e. The first-order valence-corrected chi connectivity index (χ1v) is 6.78. The van der Waals surface area contributed by atoms with Crippen LogP contribution in [0.1, 0.15) is 5.76 Å². The monoisotopic (exact) mass is 310 g/mol. The zero-order valence-electron chi connectivity index (χ0n) is 12.0. The molecule has 0 bridgehead atoms. The van der Waals surface area contributed by atoms with Gasteiger partial charge in [-0.05, 0) is 18.2 Å². The fraction of sp³-hybridized carbons (Fsp3) is 0.0667. The molecule has 3 heterocycles. The van der Waals surface area contributed by atoms with Gasteiger partial charge in [0.2, 0.25) is 5.96 Å². The summed E-state index contributed by atoms with van der Waals surface area (Å²) in [5, 5.41) is 10.7. The Labute approximate surface area is 130 Å². The van der Waals surface area contributed by atoms with Crippen molar-refractivity contribution in [1.29, 1.82) is 0 Å². The molecule has 2 aliphatic rings. The number of anilines is 2. The van der Waals surface area contributed by atoms with Crippen LogP contribution in [0.4, 0.5) is 17.3 Å². The maximum absolute atomic E-state index is 12.2. The third kappa shape index (κ3) is 1.85. The second-order valence-electron chi connectivity index (χ2n) is 5.06. The third-order valence-electron chi connectivity index (χ3n) is 3.72. The van der Waals surface area contributed by atoms with E-state index in [-0.39, 0.29) is 11.6 Å². The van der Waals surface area contributed by atoms with E-state index in [2.05, 4.69) is 4.99 Å². The molecule has 0 spiro atoms. The number of furan rings is 1. The van der Waals surface area contributed by atoms with E-state index in [9.17, 15) is 14.9 Å². The van der Waals surface area contributed by atoms with Crippen molar-refractivity contribution in [3.63, 3.8) is 0 Å². The van der Waals surface area contributed by atoms with E-state index in [1.165, 1.54) is 18.2 Å². The van der Waals surface area contributed by atoms with Gasteiger partial charge in [-0.1, -0.05) is 12.1 Å². The van der Waals surface area contributed by atoms with Gasteiger partial charge in [-0.2, -0.15) is 4.99 Å². The highest BCUT2D eigenvalue weighted by atomic mass is 16.6. The van der Waals surface area contributed by atoms with Crippen LogP contribution in [0.2, 0.25) is 0 Å². The van der Waals surface area contributed by atoms with Crippen LogP contribution >= 0.6 is 0 Å². The Morgan fingerprint density at radius 1 is 1.22 bits per heavy atom. The molecular weight excluding hydrogens is 300 g/mol. The molecule has 1 aromatic heterocycles. The van der Waals surface area contributed by atoms with Crippen LogP contribution in [0.25, 0.3) is 6.08 Å². The molecule has 4 rings (SSSR count). The lowest BCUT2D eigenvalue weighted by molar-refractivity contribution is -0.402. The van der Waals surface area contributed by atoms with Crippen molar-refractivity contribution >= 4 is 35.2 Å². The molecule has 2 aliphatic heterocycles. The van der Waals surface area contributed by atoms with Gasteiger partial charge in [0.15, 0.2) is 0 Å². The van der Waals surface area contributed by atoms with Gasteiger partial charge in [0.25, 0.3) is 5.91 Å². The number of amides is 1.